The van der Waals surface area contributed by atoms with E-state index in [-0.39, 0.29) is 6.04 Å². The van der Waals surface area contributed by atoms with Crippen molar-refractivity contribution in [2.45, 2.75) is 63.8 Å². The van der Waals surface area contributed by atoms with Crippen molar-refractivity contribution >= 4 is 21.6 Å². The van der Waals surface area contributed by atoms with Gasteiger partial charge < -0.3 is 10.3 Å². The summed E-state index contributed by atoms with van der Waals surface area (Å²) in [6.45, 7) is 4.00. The SMILES string of the molecule is CC(C)N1C=CC(S(N)(=O)=NC(=O)Nc2c3c(cc4c2CCC4)CCC3)N1. The van der Waals surface area contributed by atoms with Gasteiger partial charge in [-0.1, -0.05) is 6.07 Å². The molecule has 1 heterocycles. The summed E-state index contributed by atoms with van der Waals surface area (Å²) in [4.78, 5) is 12.6. The normalized spacial score (nSPS) is 22.7. The van der Waals surface area contributed by atoms with Crippen molar-refractivity contribution in [1.29, 1.82) is 0 Å². The van der Waals surface area contributed by atoms with Gasteiger partial charge in [0.25, 0.3) is 0 Å². The molecule has 2 aliphatic carbocycles. The van der Waals surface area contributed by atoms with E-state index in [0.717, 1.165) is 44.2 Å². The van der Waals surface area contributed by atoms with E-state index in [1.54, 1.807) is 12.3 Å². The first-order valence-electron chi connectivity index (χ1n) is 9.59. The van der Waals surface area contributed by atoms with Crippen LogP contribution in [0.1, 0.15) is 48.9 Å². The lowest BCUT2D eigenvalue weighted by molar-refractivity contribution is 0.242. The fourth-order valence-electron chi connectivity index (χ4n) is 4.20. The molecule has 1 aliphatic heterocycles. The number of carbonyl (C=O) groups excluding carboxylic acids is 1. The average molecular weight is 390 g/mol. The maximum atomic E-state index is 12.8. The molecule has 0 radical (unpaired) electrons. The highest BCUT2D eigenvalue weighted by Gasteiger charge is 2.28. The molecule has 146 valence electrons. The van der Waals surface area contributed by atoms with Gasteiger partial charge in [0.1, 0.15) is 15.3 Å². The highest BCUT2D eigenvalue weighted by molar-refractivity contribution is 7.92. The Kier molecular flexibility index (Phi) is 4.73. The third-order valence-electron chi connectivity index (χ3n) is 5.55. The molecule has 0 fully saturated rings. The molecule has 0 spiro atoms. The fourth-order valence-corrected chi connectivity index (χ4v) is 5.18. The Morgan fingerprint density at radius 3 is 2.44 bits per heavy atom. The van der Waals surface area contributed by atoms with E-state index in [1.165, 1.54) is 22.3 Å². The largest absolute Gasteiger partial charge is 0.354 e. The second-order valence-corrected chi connectivity index (χ2v) is 9.68. The first-order chi connectivity index (χ1) is 12.8. The number of aryl methyl sites for hydroxylation is 2. The average Bonchev–Trinajstić information content (AvgIpc) is 3.34. The summed E-state index contributed by atoms with van der Waals surface area (Å²) in [6, 6.07) is 1.86. The van der Waals surface area contributed by atoms with Crippen LogP contribution in [0.4, 0.5) is 10.5 Å². The zero-order valence-corrected chi connectivity index (χ0v) is 16.6. The standard InChI is InChI=1S/C19H27N5O2S/c1-12(2)24-10-9-17(22-24)27(20,26)23-19(25)21-18-15-7-3-5-13(15)11-14-6-4-8-16(14)18/h9-12,17,22H,3-8H2,1-2H3,(H3,20,21,23,25,26). The van der Waals surface area contributed by atoms with E-state index in [1.807, 2.05) is 18.9 Å². The smallest absolute Gasteiger partial charge is 0.312 e. The van der Waals surface area contributed by atoms with Crippen molar-refractivity contribution in [3.63, 3.8) is 0 Å². The van der Waals surface area contributed by atoms with Gasteiger partial charge in [-0.25, -0.2) is 19.6 Å². The fraction of sp³-hybridized carbons (Fsp3) is 0.526. The van der Waals surface area contributed by atoms with Crippen molar-refractivity contribution in [3.8, 4) is 0 Å². The molecule has 2 atom stereocenters. The minimum atomic E-state index is -3.25. The number of hydrogen-bond acceptors (Lipinski definition) is 4. The predicted molar refractivity (Wildman–Crippen MR) is 107 cm³/mol. The monoisotopic (exact) mass is 389 g/mol. The number of hydrazine groups is 1. The Labute approximate surface area is 160 Å². The van der Waals surface area contributed by atoms with Gasteiger partial charge in [-0.2, -0.15) is 0 Å². The van der Waals surface area contributed by atoms with Crippen LogP contribution >= 0.6 is 0 Å². The molecule has 7 nitrogen and oxygen atoms in total. The molecule has 1 aromatic carbocycles. The Morgan fingerprint density at radius 1 is 1.26 bits per heavy atom. The second kappa shape index (κ2) is 6.92. The van der Waals surface area contributed by atoms with Gasteiger partial charge in [0.2, 0.25) is 0 Å². The number of amides is 2. The summed E-state index contributed by atoms with van der Waals surface area (Å²) in [6.07, 6.45) is 9.72. The van der Waals surface area contributed by atoms with Crippen LogP contribution in [-0.2, 0) is 35.6 Å². The zero-order valence-electron chi connectivity index (χ0n) is 15.8. The summed E-state index contributed by atoms with van der Waals surface area (Å²) >= 11 is 0. The molecule has 0 saturated carbocycles. The molecule has 0 bridgehead atoms. The molecule has 8 heteroatoms. The lowest BCUT2D eigenvalue weighted by atomic mass is 9.99. The molecule has 4 N–H and O–H groups in total. The van der Waals surface area contributed by atoms with Crippen LogP contribution in [0.3, 0.4) is 0 Å². The zero-order chi connectivity index (χ0) is 19.2. The van der Waals surface area contributed by atoms with Crippen molar-refractivity contribution in [1.82, 2.24) is 10.4 Å². The molecular formula is C19H27N5O2S. The Morgan fingerprint density at radius 2 is 1.89 bits per heavy atom. The number of nitrogens with two attached hydrogens (primary N) is 1. The summed E-state index contributed by atoms with van der Waals surface area (Å²) < 4.78 is 16.7. The number of nitrogens with zero attached hydrogens (tertiary/aromatic N) is 2. The number of fused-ring (bicyclic) bond motifs is 2. The Bertz CT molecular complexity index is 898. The summed E-state index contributed by atoms with van der Waals surface area (Å²) in [5.41, 5.74) is 9.00. The van der Waals surface area contributed by atoms with E-state index < -0.39 is 21.3 Å². The molecule has 1 aromatic rings. The van der Waals surface area contributed by atoms with Crippen LogP contribution < -0.4 is 15.9 Å². The van der Waals surface area contributed by atoms with Gasteiger partial charge >= 0.3 is 6.03 Å². The highest BCUT2D eigenvalue weighted by Crippen LogP contribution is 2.38. The topological polar surface area (TPSA) is 99.8 Å². The lowest BCUT2D eigenvalue weighted by Crippen LogP contribution is -2.45. The van der Waals surface area contributed by atoms with Gasteiger partial charge in [-0.15, -0.1) is 4.36 Å². The number of rotatable bonds is 3. The molecule has 4 rings (SSSR count). The number of anilines is 1. The van der Waals surface area contributed by atoms with Crippen molar-refractivity contribution in [3.05, 3.63) is 40.6 Å². The highest BCUT2D eigenvalue weighted by atomic mass is 32.2. The van der Waals surface area contributed by atoms with Gasteiger partial charge in [0.05, 0.1) is 0 Å². The molecule has 27 heavy (non-hydrogen) atoms. The van der Waals surface area contributed by atoms with Gasteiger partial charge in [0, 0.05) is 17.9 Å². The number of urea groups is 1. The minimum absolute atomic E-state index is 0.185. The summed E-state index contributed by atoms with van der Waals surface area (Å²) in [5.74, 6) is 0. The number of carbonyl (C=O) groups is 1. The third kappa shape index (κ3) is 3.49. The third-order valence-corrected chi connectivity index (χ3v) is 6.99. The first kappa shape index (κ1) is 18.5. The van der Waals surface area contributed by atoms with Crippen LogP contribution in [0.15, 0.2) is 22.7 Å². The maximum Gasteiger partial charge on any atom is 0.354 e. The van der Waals surface area contributed by atoms with Crippen LogP contribution in [0, 0.1) is 0 Å². The summed E-state index contributed by atoms with van der Waals surface area (Å²) in [5, 5.41) is 9.97. The van der Waals surface area contributed by atoms with Crippen LogP contribution in [-0.4, -0.2) is 26.7 Å². The van der Waals surface area contributed by atoms with Gasteiger partial charge in [-0.05, 0) is 80.7 Å². The maximum absolute atomic E-state index is 12.8. The van der Waals surface area contributed by atoms with Gasteiger partial charge in [-0.3, -0.25) is 0 Å². The number of nitrogens with one attached hydrogen (secondary N) is 2. The van der Waals surface area contributed by atoms with E-state index >= 15 is 0 Å². The molecule has 2 unspecified atom stereocenters. The van der Waals surface area contributed by atoms with Crippen molar-refractivity contribution < 1.29 is 9.00 Å². The summed E-state index contributed by atoms with van der Waals surface area (Å²) in [7, 11) is -3.25. The molecular weight excluding hydrogens is 362 g/mol. The van der Waals surface area contributed by atoms with Crippen LogP contribution in [0.5, 0.6) is 0 Å². The van der Waals surface area contributed by atoms with E-state index in [4.69, 9.17) is 5.14 Å². The quantitative estimate of drug-likeness (QED) is 0.740. The number of hydrogen-bond donors (Lipinski definition) is 3. The molecule has 3 aliphatic rings. The van der Waals surface area contributed by atoms with Crippen molar-refractivity contribution in [2.75, 3.05) is 5.32 Å². The predicted octanol–water partition coefficient (Wildman–Crippen LogP) is 2.61. The lowest BCUT2D eigenvalue weighted by Gasteiger charge is -2.23. The molecule has 0 aromatic heterocycles. The van der Waals surface area contributed by atoms with Crippen LogP contribution in [0.2, 0.25) is 0 Å². The molecule has 0 saturated heterocycles. The van der Waals surface area contributed by atoms with E-state index in [9.17, 15) is 9.00 Å². The first-order valence-corrected chi connectivity index (χ1v) is 11.2. The second-order valence-electron chi connectivity index (χ2n) is 7.76. The van der Waals surface area contributed by atoms with Gasteiger partial charge in [0.15, 0.2) is 0 Å². The van der Waals surface area contributed by atoms with Crippen LogP contribution in [0.25, 0.3) is 0 Å². The Balaban J connectivity index is 1.58. The molecule has 2 amide bonds. The minimum Gasteiger partial charge on any atom is -0.312 e. The Hall–Kier alpha value is -1.90. The number of benzene rings is 1. The van der Waals surface area contributed by atoms with E-state index in [2.05, 4.69) is 21.2 Å². The van der Waals surface area contributed by atoms with E-state index in [0.29, 0.717) is 0 Å². The van der Waals surface area contributed by atoms with Crippen molar-refractivity contribution in [2.24, 2.45) is 9.50 Å².